The first-order chi connectivity index (χ1) is 9.04. The van der Waals surface area contributed by atoms with E-state index in [9.17, 15) is 0 Å². The van der Waals surface area contributed by atoms with Crippen molar-refractivity contribution >= 4 is 0 Å². The highest BCUT2D eigenvalue weighted by Crippen LogP contribution is 2.30. The Morgan fingerprint density at radius 1 is 1.11 bits per heavy atom. The first kappa shape index (κ1) is 15.3. The van der Waals surface area contributed by atoms with Gasteiger partial charge in [0.05, 0.1) is 0 Å². The van der Waals surface area contributed by atoms with Gasteiger partial charge in [-0.15, -0.1) is 0 Å². The molecule has 2 aliphatic heterocycles. The molecule has 0 spiro atoms. The van der Waals surface area contributed by atoms with Crippen molar-refractivity contribution in [3.05, 3.63) is 0 Å². The van der Waals surface area contributed by atoms with Crippen LogP contribution < -0.4 is 5.32 Å². The van der Waals surface area contributed by atoms with Gasteiger partial charge in [-0.1, -0.05) is 13.8 Å². The second-order valence-corrected chi connectivity index (χ2v) is 6.80. The van der Waals surface area contributed by atoms with E-state index >= 15 is 0 Å². The fourth-order valence-electron chi connectivity index (χ4n) is 4.02. The summed E-state index contributed by atoms with van der Waals surface area (Å²) < 4.78 is 0. The number of nitrogens with one attached hydrogen (secondary N) is 1. The highest BCUT2D eigenvalue weighted by molar-refractivity contribution is 4.93. The van der Waals surface area contributed by atoms with Crippen LogP contribution in [0.1, 0.15) is 47.0 Å². The molecule has 112 valence electrons. The fourth-order valence-corrected chi connectivity index (χ4v) is 4.02. The molecule has 5 unspecified atom stereocenters. The van der Waals surface area contributed by atoms with Gasteiger partial charge in [0.15, 0.2) is 0 Å². The van der Waals surface area contributed by atoms with Crippen molar-refractivity contribution in [1.29, 1.82) is 0 Å². The lowest BCUT2D eigenvalue weighted by molar-refractivity contribution is 0.00993. The zero-order valence-corrected chi connectivity index (χ0v) is 13.5. The molecule has 0 bridgehead atoms. The molecule has 0 radical (unpaired) electrons. The Bertz CT molecular complexity index is 281. The van der Waals surface area contributed by atoms with E-state index in [1.807, 2.05) is 0 Å². The normalized spacial score (nSPS) is 42.5. The summed E-state index contributed by atoms with van der Waals surface area (Å²) in [5, 5.41) is 3.67. The fraction of sp³-hybridized carbons (Fsp3) is 1.00. The molecule has 2 rings (SSSR count). The molecule has 2 fully saturated rings. The van der Waals surface area contributed by atoms with Crippen LogP contribution in [-0.2, 0) is 0 Å². The average Bonchev–Trinajstić information content (AvgIpc) is 2.39. The van der Waals surface area contributed by atoms with Crippen molar-refractivity contribution in [3.8, 4) is 0 Å². The zero-order chi connectivity index (χ0) is 14.0. The molecule has 2 saturated heterocycles. The minimum atomic E-state index is 0.721. The molecule has 3 nitrogen and oxygen atoms in total. The maximum absolute atomic E-state index is 3.67. The Labute approximate surface area is 119 Å². The molecule has 0 aromatic heterocycles. The molecule has 0 aromatic carbocycles. The summed E-state index contributed by atoms with van der Waals surface area (Å²) in [4.78, 5) is 5.32. The Morgan fingerprint density at radius 2 is 1.84 bits per heavy atom. The van der Waals surface area contributed by atoms with Crippen LogP contribution in [0.15, 0.2) is 0 Å². The summed E-state index contributed by atoms with van der Waals surface area (Å²) in [6.45, 7) is 13.1. The van der Waals surface area contributed by atoms with Crippen LogP contribution >= 0.6 is 0 Å². The lowest BCUT2D eigenvalue weighted by Crippen LogP contribution is -2.58. The number of nitrogens with zero attached hydrogens (tertiary/aromatic N) is 2. The van der Waals surface area contributed by atoms with Crippen molar-refractivity contribution in [2.45, 2.75) is 71.1 Å². The minimum absolute atomic E-state index is 0.721. The summed E-state index contributed by atoms with van der Waals surface area (Å²) in [5.74, 6) is 0.767. The Balaban J connectivity index is 1.95. The van der Waals surface area contributed by atoms with E-state index in [0.717, 1.165) is 36.6 Å². The van der Waals surface area contributed by atoms with Crippen molar-refractivity contribution in [3.63, 3.8) is 0 Å². The SMILES string of the molecule is CCNC1CCN(C2CCN(C)C(C)C2)C(C)C1C. The summed E-state index contributed by atoms with van der Waals surface area (Å²) >= 11 is 0. The van der Waals surface area contributed by atoms with Crippen LogP contribution in [-0.4, -0.2) is 60.6 Å². The van der Waals surface area contributed by atoms with E-state index in [-0.39, 0.29) is 0 Å². The van der Waals surface area contributed by atoms with Crippen LogP contribution in [0.25, 0.3) is 0 Å². The van der Waals surface area contributed by atoms with E-state index in [1.165, 1.54) is 32.4 Å². The predicted octanol–water partition coefficient (Wildman–Crippen LogP) is 2.18. The van der Waals surface area contributed by atoms with E-state index < -0.39 is 0 Å². The second kappa shape index (κ2) is 6.55. The summed E-state index contributed by atoms with van der Waals surface area (Å²) in [7, 11) is 2.27. The molecule has 5 atom stereocenters. The standard InChI is InChI=1S/C16H33N3/c1-6-17-16-8-10-19(14(4)13(16)3)15-7-9-18(5)12(2)11-15/h12-17H,6-11H2,1-5H3. The third-order valence-corrected chi connectivity index (χ3v) is 5.73. The van der Waals surface area contributed by atoms with Gasteiger partial charge in [0.2, 0.25) is 0 Å². The molecule has 0 aromatic rings. The number of rotatable bonds is 3. The number of hydrogen-bond acceptors (Lipinski definition) is 3. The van der Waals surface area contributed by atoms with Crippen LogP contribution in [0, 0.1) is 5.92 Å². The molecular formula is C16H33N3. The molecule has 19 heavy (non-hydrogen) atoms. The van der Waals surface area contributed by atoms with E-state index in [2.05, 4.69) is 49.9 Å². The highest BCUT2D eigenvalue weighted by Gasteiger charge is 2.37. The van der Waals surface area contributed by atoms with Crippen molar-refractivity contribution < 1.29 is 0 Å². The first-order valence-corrected chi connectivity index (χ1v) is 8.24. The van der Waals surface area contributed by atoms with Gasteiger partial charge in [0.25, 0.3) is 0 Å². The zero-order valence-electron chi connectivity index (χ0n) is 13.5. The van der Waals surface area contributed by atoms with E-state index in [4.69, 9.17) is 0 Å². The predicted molar refractivity (Wildman–Crippen MR) is 82.5 cm³/mol. The van der Waals surface area contributed by atoms with Gasteiger partial charge in [-0.05, 0) is 59.2 Å². The third-order valence-electron chi connectivity index (χ3n) is 5.73. The van der Waals surface area contributed by atoms with Gasteiger partial charge in [-0.3, -0.25) is 4.90 Å². The summed E-state index contributed by atoms with van der Waals surface area (Å²) in [5.41, 5.74) is 0. The van der Waals surface area contributed by atoms with E-state index in [1.54, 1.807) is 0 Å². The van der Waals surface area contributed by atoms with Crippen molar-refractivity contribution in [2.75, 3.05) is 26.7 Å². The quantitative estimate of drug-likeness (QED) is 0.845. The second-order valence-electron chi connectivity index (χ2n) is 6.80. The van der Waals surface area contributed by atoms with Gasteiger partial charge >= 0.3 is 0 Å². The Kier molecular flexibility index (Phi) is 5.27. The molecule has 0 saturated carbocycles. The van der Waals surface area contributed by atoms with Crippen LogP contribution in [0.5, 0.6) is 0 Å². The summed E-state index contributed by atoms with van der Waals surface area (Å²) in [6.07, 6.45) is 4.02. The molecule has 0 aliphatic carbocycles. The lowest BCUT2D eigenvalue weighted by atomic mass is 9.84. The largest absolute Gasteiger partial charge is 0.314 e. The maximum Gasteiger partial charge on any atom is 0.0125 e. The van der Waals surface area contributed by atoms with Gasteiger partial charge in [0, 0.05) is 30.7 Å². The Morgan fingerprint density at radius 3 is 2.47 bits per heavy atom. The molecular weight excluding hydrogens is 234 g/mol. The summed E-state index contributed by atoms with van der Waals surface area (Å²) in [6, 6.07) is 3.00. The molecule has 2 heterocycles. The van der Waals surface area contributed by atoms with E-state index in [0.29, 0.717) is 0 Å². The minimum Gasteiger partial charge on any atom is -0.314 e. The number of piperidine rings is 2. The molecule has 3 heteroatoms. The third kappa shape index (κ3) is 3.32. The van der Waals surface area contributed by atoms with Gasteiger partial charge in [-0.25, -0.2) is 0 Å². The number of likely N-dealkylation sites (tertiary alicyclic amines) is 2. The van der Waals surface area contributed by atoms with Crippen LogP contribution in [0.3, 0.4) is 0 Å². The monoisotopic (exact) mass is 267 g/mol. The van der Waals surface area contributed by atoms with Gasteiger partial charge in [0.1, 0.15) is 0 Å². The molecule has 0 amide bonds. The van der Waals surface area contributed by atoms with Gasteiger partial charge < -0.3 is 10.2 Å². The van der Waals surface area contributed by atoms with Gasteiger partial charge in [-0.2, -0.15) is 0 Å². The van der Waals surface area contributed by atoms with Crippen molar-refractivity contribution in [2.24, 2.45) is 5.92 Å². The number of hydrogen-bond donors (Lipinski definition) is 1. The average molecular weight is 267 g/mol. The maximum atomic E-state index is 3.67. The molecule has 2 aliphatic rings. The lowest BCUT2D eigenvalue weighted by Gasteiger charge is -2.49. The first-order valence-electron chi connectivity index (χ1n) is 8.24. The molecule has 1 N–H and O–H groups in total. The highest BCUT2D eigenvalue weighted by atomic mass is 15.2. The van der Waals surface area contributed by atoms with Crippen LogP contribution in [0.4, 0.5) is 0 Å². The van der Waals surface area contributed by atoms with Crippen LogP contribution in [0.2, 0.25) is 0 Å². The smallest absolute Gasteiger partial charge is 0.0125 e. The topological polar surface area (TPSA) is 18.5 Å². The van der Waals surface area contributed by atoms with Crippen molar-refractivity contribution in [1.82, 2.24) is 15.1 Å². The Hall–Kier alpha value is -0.120.